The van der Waals surface area contributed by atoms with Gasteiger partial charge in [-0.1, -0.05) is 19.9 Å². The molecule has 7 rings (SSSR count). The van der Waals surface area contributed by atoms with Crippen molar-refractivity contribution in [2.75, 3.05) is 20.3 Å². The van der Waals surface area contributed by atoms with E-state index in [1.165, 1.54) is 16.3 Å². The zero-order chi connectivity index (χ0) is 37.4. The molecular weight excluding hydrogens is 691 g/mol. The molecule has 0 radical (unpaired) electrons. The molecule has 2 fully saturated rings. The summed E-state index contributed by atoms with van der Waals surface area (Å²) in [6.45, 7) is 9.61. The summed E-state index contributed by atoms with van der Waals surface area (Å²) in [6, 6.07) is 11.0. The normalized spacial score (nSPS) is 23.7. The standard InChI is InChI=1S/C40H47N7O5S/c1-6-46-33-14-12-24-17-28(33)29(36(46)27-9-7-15-42-35(27)23(2)51-5)19-40(3,4)22-52-39(50)30-10-8-16-47(45-30)38(49)31(18-34-43-32(24)21-53-34)44-37(48)26-13-11-25(26)20-41/h7,9,12,14-15,17,21,23,25-26,30-31,45H,6,8,10-11,13,16,18-19,22H2,1-5H3,(H,44,48)/t23-,25+,26+,30-,31-/m0/s1. The van der Waals surface area contributed by atoms with E-state index in [1.807, 2.05) is 18.4 Å². The van der Waals surface area contributed by atoms with Crippen molar-refractivity contribution in [2.45, 2.75) is 91.0 Å². The Kier molecular flexibility index (Phi) is 10.4. The third-order valence-electron chi connectivity index (χ3n) is 10.9. The van der Waals surface area contributed by atoms with Gasteiger partial charge < -0.3 is 19.4 Å². The van der Waals surface area contributed by atoms with E-state index in [0.717, 1.165) is 51.2 Å². The van der Waals surface area contributed by atoms with Gasteiger partial charge in [-0.05, 0) is 75.8 Å². The second-order valence-electron chi connectivity index (χ2n) is 15.2. The lowest BCUT2D eigenvalue weighted by atomic mass is 9.74. The number of carbonyl (C=O) groups excluding carboxylic acids is 3. The van der Waals surface area contributed by atoms with E-state index >= 15 is 0 Å². The highest BCUT2D eigenvalue weighted by Crippen LogP contribution is 2.42. The molecule has 1 aromatic carbocycles. The van der Waals surface area contributed by atoms with E-state index in [4.69, 9.17) is 19.4 Å². The van der Waals surface area contributed by atoms with Crippen molar-refractivity contribution in [1.82, 2.24) is 30.3 Å². The first-order valence-electron chi connectivity index (χ1n) is 18.5. The number of pyridine rings is 1. The van der Waals surface area contributed by atoms with Crippen molar-refractivity contribution in [2.24, 2.45) is 17.3 Å². The van der Waals surface area contributed by atoms with Crippen molar-refractivity contribution in [3.63, 3.8) is 0 Å². The van der Waals surface area contributed by atoms with Crippen molar-refractivity contribution in [1.29, 1.82) is 5.26 Å². The number of thiazole rings is 1. The van der Waals surface area contributed by atoms with Crippen LogP contribution in [0.4, 0.5) is 0 Å². The molecule has 1 saturated heterocycles. The highest BCUT2D eigenvalue weighted by molar-refractivity contribution is 7.10. The number of hydrazine groups is 1. The van der Waals surface area contributed by atoms with Gasteiger partial charge in [0.25, 0.3) is 5.91 Å². The largest absolute Gasteiger partial charge is 0.464 e. The number of benzene rings is 1. The first kappa shape index (κ1) is 36.7. The number of esters is 1. The number of cyclic esters (lactones) is 1. The topological polar surface area (TPSA) is 151 Å². The molecule has 278 valence electrons. The Labute approximate surface area is 313 Å². The number of nitrogens with one attached hydrogen (secondary N) is 2. The number of aromatic nitrogens is 3. The first-order valence-corrected chi connectivity index (χ1v) is 19.4. The van der Waals surface area contributed by atoms with Crippen LogP contribution in [0.3, 0.4) is 0 Å². The van der Waals surface area contributed by atoms with Gasteiger partial charge in [0.1, 0.15) is 12.1 Å². The molecule has 2 N–H and O–H groups in total. The maximum Gasteiger partial charge on any atom is 0.324 e. The van der Waals surface area contributed by atoms with Gasteiger partial charge in [-0.3, -0.25) is 24.4 Å². The summed E-state index contributed by atoms with van der Waals surface area (Å²) in [6.07, 6.45) is 4.73. The summed E-state index contributed by atoms with van der Waals surface area (Å²) < 4.78 is 14.1. The summed E-state index contributed by atoms with van der Waals surface area (Å²) in [5.74, 6) is -1.88. The SMILES string of the molecule is CCn1c(-c2cccnc2[C@H](C)OC)c2c3cc(ccc31)-c1csc(n1)C[C@H](NC(=O)[C@@H]1CC[C@@H]1C#N)C(=O)N1CCC[C@H](N1)C(=O)OCC(C)(C)C2. The van der Waals surface area contributed by atoms with Gasteiger partial charge in [0.15, 0.2) is 0 Å². The average molecular weight is 738 g/mol. The second-order valence-corrected chi connectivity index (χ2v) is 16.1. The van der Waals surface area contributed by atoms with Crippen LogP contribution in [0.1, 0.15) is 75.7 Å². The van der Waals surface area contributed by atoms with Crippen LogP contribution in [0.15, 0.2) is 41.9 Å². The van der Waals surface area contributed by atoms with Gasteiger partial charge in [0.2, 0.25) is 5.91 Å². The van der Waals surface area contributed by atoms with Crippen molar-refractivity contribution < 1.29 is 23.9 Å². The molecule has 1 saturated carbocycles. The Morgan fingerprint density at radius 1 is 1.25 bits per heavy atom. The summed E-state index contributed by atoms with van der Waals surface area (Å²) >= 11 is 1.44. The molecule has 0 spiro atoms. The van der Waals surface area contributed by atoms with Gasteiger partial charge in [-0.2, -0.15) is 5.26 Å². The molecule has 0 unspecified atom stereocenters. The van der Waals surface area contributed by atoms with E-state index in [0.29, 0.717) is 43.7 Å². The molecule has 3 aliphatic rings. The number of amides is 2. The number of methoxy groups -OCH3 is 1. The fourth-order valence-corrected chi connectivity index (χ4v) is 8.66. The minimum atomic E-state index is -0.931. The lowest BCUT2D eigenvalue weighted by Gasteiger charge is -2.36. The third-order valence-corrected chi connectivity index (χ3v) is 11.8. The summed E-state index contributed by atoms with van der Waals surface area (Å²) in [5.41, 5.74) is 9.47. The van der Waals surface area contributed by atoms with Gasteiger partial charge >= 0.3 is 5.97 Å². The van der Waals surface area contributed by atoms with Gasteiger partial charge in [-0.25, -0.2) is 10.4 Å². The Balaban J connectivity index is 1.34. The zero-order valence-electron chi connectivity index (χ0n) is 31.0. The molecule has 1 aliphatic carbocycles. The number of nitrogens with zero attached hydrogens (tertiary/aromatic N) is 5. The first-order chi connectivity index (χ1) is 25.5. The van der Waals surface area contributed by atoms with Crippen LogP contribution in [0.2, 0.25) is 0 Å². The molecule has 13 heteroatoms. The Morgan fingerprint density at radius 3 is 2.81 bits per heavy atom. The fraction of sp³-hybridized carbons (Fsp3) is 0.500. The molecule has 5 atom stereocenters. The number of fused-ring (bicyclic) bond motifs is 6. The van der Waals surface area contributed by atoms with Crippen LogP contribution in [-0.4, -0.2) is 69.7 Å². The highest BCUT2D eigenvalue weighted by Gasteiger charge is 2.40. The molecule has 4 aromatic rings. The molecule has 53 heavy (non-hydrogen) atoms. The predicted octanol–water partition coefficient (Wildman–Crippen LogP) is 5.75. The van der Waals surface area contributed by atoms with Crippen LogP contribution in [0.5, 0.6) is 0 Å². The van der Waals surface area contributed by atoms with E-state index in [-0.39, 0.29) is 36.9 Å². The Hall–Kier alpha value is -4.64. The summed E-state index contributed by atoms with van der Waals surface area (Å²) in [4.78, 5) is 50.9. The van der Waals surface area contributed by atoms with E-state index < -0.39 is 29.4 Å². The molecule has 6 bridgehead atoms. The lowest BCUT2D eigenvalue weighted by Crippen LogP contribution is -2.61. The average Bonchev–Trinajstić information content (AvgIpc) is 3.74. The molecule has 2 amide bonds. The maximum absolute atomic E-state index is 14.1. The number of hydrogen-bond acceptors (Lipinski definition) is 10. The molecule has 5 heterocycles. The minimum absolute atomic E-state index is 0.167. The number of nitriles is 1. The van der Waals surface area contributed by atoms with Crippen LogP contribution in [-0.2, 0) is 43.2 Å². The molecule has 2 aliphatic heterocycles. The third kappa shape index (κ3) is 7.20. The quantitative estimate of drug-likeness (QED) is 0.236. The summed E-state index contributed by atoms with van der Waals surface area (Å²) in [7, 11) is 1.69. The number of aryl methyl sites for hydroxylation is 1. The molecule has 12 nitrogen and oxygen atoms in total. The van der Waals surface area contributed by atoms with Crippen LogP contribution < -0.4 is 10.7 Å². The highest BCUT2D eigenvalue weighted by atomic mass is 32.1. The zero-order valence-corrected chi connectivity index (χ0v) is 31.8. The van der Waals surface area contributed by atoms with E-state index in [9.17, 15) is 19.6 Å². The van der Waals surface area contributed by atoms with Crippen LogP contribution >= 0.6 is 11.3 Å². The number of rotatable bonds is 6. The predicted molar refractivity (Wildman–Crippen MR) is 201 cm³/mol. The van der Waals surface area contributed by atoms with E-state index in [2.05, 4.69) is 66.4 Å². The second kappa shape index (κ2) is 15.0. The van der Waals surface area contributed by atoms with Crippen molar-refractivity contribution in [3.05, 3.63) is 58.2 Å². The van der Waals surface area contributed by atoms with Crippen LogP contribution in [0.25, 0.3) is 33.4 Å². The van der Waals surface area contributed by atoms with Gasteiger partial charge in [-0.15, -0.1) is 11.3 Å². The number of carbonyl (C=O) groups is 3. The van der Waals surface area contributed by atoms with Crippen LogP contribution in [0, 0.1) is 28.6 Å². The monoisotopic (exact) mass is 737 g/mol. The number of ether oxygens (including phenoxy) is 2. The summed E-state index contributed by atoms with van der Waals surface area (Å²) in [5, 5.41) is 17.7. The smallest absolute Gasteiger partial charge is 0.324 e. The number of hydrogen-bond donors (Lipinski definition) is 2. The van der Waals surface area contributed by atoms with Crippen molar-refractivity contribution >= 4 is 40.0 Å². The Bertz CT molecular complexity index is 2080. The minimum Gasteiger partial charge on any atom is -0.464 e. The maximum atomic E-state index is 14.1. The van der Waals surface area contributed by atoms with Gasteiger partial charge in [0, 0.05) is 65.6 Å². The van der Waals surface area contributed by atoms with Crippen molar-refractivity contribution in [3.8, 4) is 28.6 Å². The van der Waals surface area contributed by atoms with E-state index in [1.54, 1.807) is 13.3 Å². The Morgan fingerprint density at radius 2 is 2.08 bits per heavy atom. The van der Waals surface area contributed by atoms with Gasteiger partial charge in [0.05, 0.1) is 52.7 Å². The molecular formula is C40H47N7O5S. The molecule has 3 aromatic heterocycles. The fourth-order valence-electron chi connectivity index (χ4n) is 7.81. The lowest BCUT2D eigenvalue weighted by molar-refractivity contribution is -0.155.